The van der Waals surface area contributed by atoms with Crippen molar-refractivity contribution in [2.75, 3.05) is 17.2 Å². The van der Waals surface area contributed by atoms with Crippen LogP contribution < -0.4 is 16.4 Å². The lowest BCUT2D eigenvalue weighted by Crippen LogP contribution is -2.39. The standard InChI is InChI=1S/C13H20Cl2N4O/c1-4-5-17-12-8(14)6-9(15)13(19-12)18-10(7(2)3)11(16)20/h6-7,10H,4-5H2,1-3H3,(H2,16,20)(H2,17,18,19). The summed E-state index contributed by atoms with van der Waals surface area (Å²) in [5, 5.41) is 6.87. The summed E-state index contributed by atoms with van der Waals surface area (Å²) in [4.78, 5) is 15.7. The number of anilines is 2. The lowest BCUT2D eigenvalue weighted by molar-refractivity contribution is -0.119. The molecule has 0 aromatic carbocycles. The third-order valence-corrected chi connectivity index (χ3v) is 3.31. The van der Waals surface area contributed by atoms with Gasteiger partial charge in [-0.3, -0.25) is 4.79 Å². The van der Waals surface area contributed by atoms with Crippen molar-refractivity contribution in [2.45, 2.75) is 33.2 Å². The molecule has 1 rings (SSSR count). The number of nitrogens with one attached hydrogen (secondary N) is 2. The Balaban J connectivity index is 3.01. The molecule has 1 heterocycles. The number of nitrogens with zero attached hydrogens (tertiary/aromatic N) is 1. The summed E-state index contributed by atoms with van der Waals surface area (Å²) >= 11 is 12.2. The van der Waals surface area contributed by atoms with Crippen molar-refractivity contribution in [3.8, 4) is 0 Å². The summed E-state index contributed by atoms with van der Waals surface area (Å²) in [5.41, 5.74) is 5.37. The summed E-state index contributed by atoms with van der Waals surface area (Å²) in [6.07, 6.45) is 0.944. The van der Waals surface area contributed by atoms with Gasteiger partial charge in [-0.05, 0) is 18.4 Å². The molecule has 0 spiro atoms. The molecule has 1 aromatic heterocycles. The van der Waals surface area contributed by atoms with Gasteiger partial charge in [-0.25, -0.2) is 4.98 Å². The van der Waals surface area contributed by atoms with E-state index in [1.165, 1.54) is 0 Å². The zero-order valence-corrected chi connectivity index (χ0v) is 13.3. The maximum Gasteiger partial charge on any atom is 0.240 e. The summed E-state index contributed by atoms with van der Waals surface area (Å²) in [6.45, 7) is 6.57. The molecule has 0 aliphatic rings. The van der Waals surface area contributed by atoms with E-state index >= 15 is 0 Å². The average molecular weight is 319 g/mol. The smallest absolute Gasteiger partial charge is 0.240 e. The number of hydrogen-bond donors (Lipinski definition) is 3. The molecule has 0 aliphatic carbocycles. The van der Waals surface area contributed by atoms with Gasteiger partial charge in [0.15, 0.2) is 0 Å². The number of halogens is 2. The molecular weight excluding hydrogens is 299 g/mol. The van der Waals surface area contributed by atoms with Gasteiger partial charge in [-0.2, -0.15) is 0 Å². The maximum atomic E-state index is 11.4. The molecule has 0 radical (unpaired) electrons. The van der Waals surface area contributed by atoms with Crippen molar-refractivity contribution in [1.82, 2.24) is 4.98 Å². The normalized spacial score (nSPS) is 12.3. The molecular formula is C13H20Cl2N4O. The van der Waals surface area contributed by atoms with Crippen LogP contribution in [-0.2, 0) is 4.79 Å². The summed E-state index contributed by atoms with van der Waals surface area (Å²) in [5.74, 6) is 0.503. The van der Waals surface area contributed by atoms with Gasteiger partial charge in [0.1, 0.15) is 17.7 Å². The van der Waals surface area contributed by atoms with Gasteiger partial charge in [-0.15, -0.1) is 0 Å². The highest BCUT2D eigenvalue weighted by molar-refractivity contribution is 6.37. The van der Waals surface area contributed by atoms with Crippen molar-refractivity contribution in [1.29, 1.82) is 0 Å². The van der Waals surface area contributed by atoms with E-state index in [1.54, 1.807) is 6.07 Å². The lowest BCUT2D eigenvalue weighted by Gasteiger charge is -2.21. The molecule has 20 heavy (non-hydrogen) atoms. The van der Waals surface area contributed by atoms with Crippen molar-refractivity contribution in [3.05, 3.63) is 16.1 Å². The minimum absolute atomic E-state index is 0.0214. The molecule has 1 unspecified atom stereocenters. The second-order valence-electron chi connectivity index (χ2n) is 4.84. The van der Waals surface area contributed by atoms with E-state index in [9.17, 15) is 4.79 Å². The molecule has 7 heteroatoms. The molecule has 0 saturated carbocycles. The van der Waals surface area contributed by atoms with Crippen molar-refractivity contribution >= 4 is 40.7 Å². The fourth-order valence-corrected chi connectivity index (χ4v) is 2.13. The number of carbonyl (C=O) groups excluding carboxylic acids is 1. The largest absolute Gasteiger partial charge is 0.369 e. The summed E-state index contributed by atoms with van der Waals surface area (Å²) in [7, 11) is 0. The number of primary amides is 1. The van der Waals surface area contributed by atoms with Crippen LogP contribution in [0.3, 0.4) is 0 Å². The van der Waals surface area contributed by atoms with Gasteiger partial charge in [0, 0.05) is 6.54 Å². The van der Waals surface area contributed by atoms with Crippen LogP contribution >= 0.6 is 23.2 Å². The fraction of sp³-hybridized carbons (Fsp3) is 0.538. The highest BCUT2D eigenvalue weighted by Gasteiger charge is 2.21. The number of nitrogens with two attached hydrogens (primary N) is 1. The van der Waals surface area contributed by atoms with Gasteiger partial charge >= 0.3 is 0 Å². The van der Waals surface area contributed by atoms with E-state index in [4.69, 9.17) is 28.9 Å². The van der Waals surface area contributed by atoms with Crippen LogP contribution in [0.2, 0.25) is 10.0 Å². The Labute approximate surface area is 129 Å². The zero-order valence-electron chi connectivity index (χ0n) is 11.8. The third-order valence-electron chi connectivity index (χ3n) is 2.74. The van der Waals surface area contributed by atoms with Crippen LogP contribution in [0, 0.1) is 5.92 Å². The fourth-order valence-electron chi connectivity index (χ4n) is 1.65. The Morgan fingerprint density at radius 3 is 2.45 bits per heavy atom. The van der Waals surface area contributed by atoms with Gasteiger partial charge in [0.05, 0.1) is 10.0 Å². The predicted molar refractivity (Wildman–Crippen MR) is 84.5 cm³/mol. The molecule has 5 nitrogen and oxygen atoms in total. The van der Waals surface area contributed by atoms with Gasteiger partial charge < -0.3 is 16.4 Å². The highest BCUT2D eigenvalue weighted by Crippen LogP contribution is 2.30. The Bertz CT molecular complexity index is 480. The van der Waals surface area contributed by atoms with Crippen LogP contribution in [0.4, 0.5) is 11.6 Å². The number of carbonyl (C=O) groups is 1. The minimum Gasteiger partial charge on any atom is -0.369 e. The van der Waals surface area contributed by atoms with E-state index in [2.05, 4.69) is 15.6 Å². The Hall–Kier alpha value is -1.20. The van der Waals surface area contributed by atoms with E-state index in [-0.39, 0.29) is 5.92 Å². The van der Waals surface area contributed by atoms with E-state index in [0.717, 1.165) is 13.0 Å². The second kappa shape index (κ2) is 7.55. The third kappa shape index (κ3) is 4.42. The van der Waals surface area contributed by atoms with Crippen LogP contribution in [0.25, 0.3) is 0 Å². The number of aromatic nitrogens is 1. The number of hydrogen-bond acceptors (Lipinski definition) is 4. The zero-order chi connectivity index (χ0) is 15.3. The molecule has 4 N–H and O–H groups in total. The summed E-state index contributed by atoms with van der Waals surface area (Å²) < 4.78 is 0. The van der Waals surface area contributed by atoms with Gasteiger partial charge in [-0.1, -0.05) is 44.0 Å². The molecule has 0 aliphatic heterocycles. The average Bonchev–Trinajstić information content (AvgIpc) is 2.35. The first-order valence-corrected chi connectivity index (χ1v) is 7.28. The van der Waals surface area contributed by atoms with Crippen LogP contribution in [-0.4, -0.2) is 23.5 Å². The van der Waals surface area contributed by atoms with Gasteiger partial charge in [0.2, 0.25) is 5.91 Å². The lowest BCUT2D eigenvalue weighted by atomic mass is 10.0. The second-order valence-corrected chi connectivity index (χ2v) is 5.66. The van der Waals surface area contributed by atoms with Crippen LogP contribution in [0.15, 0.2) is 6.07 Å². The highest BCUT2D eigenvalue weighted by atomic mass is 35.5. The quantitative estimate of drug-likeness (QED) is 0.721. The molecule has 0 fully saturated rings. The topological polar surface area (TPSA) is 80.0 Å². The minimum atomic E-state index is -0.541. The molecule has 112 valence electrons. The molecule has 0 saturated heterocycles. The summed E-state index contributed by atoms with van der Waals surface area (Å²) in [6, 6.07) is 1.05. The first kappa shape index (κ1) is 16.9. The molecule has 0 bridgehead atoms. The Morgan fingerprint density at radius 1 is 1.35 bits per heavy atom. The first-order chi connectivity index (χ1) is 9.36. The number of pyridine rings is 1. The van der Waals surface area contributed by atoms with Crippen molar-refractivity contribution < 1.29 is 4.79 Å². The Morgan fingerprint density at radius 2 is 1.95 bits per heavy atom. The molecule has 1 aromatic rings. The van der Waals surface area contributed by atoms with Crippen molar-refractivity contribution in [2.24, 2.45) is 11.7 Å². The molecule has 1 atom stereocenters. The van der Waals surface area contributed by atoms with E-state index in [1.807, 2.05) is 20.8 Å². The van der Waals surface area contributed by atoms with E-state index < -0.39 is 11.9 Å². The monoisotopic (exact) mass is 318 g/mol. The SMILES string of the molecule is CCCNc1nc(NC(C(N)=O)C(C)C)c(Cl)cc1Cl. The predicted octanol–water partition coefficient (Wildman–Crippen LogP) is 3.13. The van der Waals surface area contributed by atoms with Crippen molar-refractivity contribution in [3.63, 3.8) is 0 Å². The number of rotatable bonds is 7. The van der Waals surface area contributed by atoms with Crippen LogP contribution in [0.1, 0.15) is 27.2 Å². The number of amides is 1. The Kier molecular flexibility index (Phi) is 6.36. The first-order valence-electron chi connectivity index (χ1n) is 6.52. The molecule has 1 amide bonds. The van der Waals surface area contributed by atoms with Gasteiger partial charge in [0.25, 0.3) is 0 Å². The van der Waals surface area contributed by atoms with E-state index in [0.29, 0.717) is 21.7 Å². The van der Waals surface area contributed by atoms with Crippen LogP contribution in [0.5, 0.6) is 0 Å². The maximum absolute atomic E-state index is 11.4.